The molecule has 8 nitrogen and oxygen atoms in total. The molecule has 0 aromatic heterocycles. The number of morpholine rings is 1. The Balaban J connectivity index is 2.52. The predicted molar refractivity (Wildman–Crippen MR) is 85.9 cm³/mol. The summed E-state index contributed by atoms with van der Waals surface area (Å²) in [6.07, 6.45) is 0. The van der Waals surface area contributed by atoms with Crippen molar-refractivity contribution in [3.8, 4) is 0 Å². The Bertz CT molecular complexity index is 727. The highest BCUT2D eigenvalue weighted by atomic mass is 32.2. The number of primary sulfonamides is 1. The predicted octanol–water partition coefficient (Wildman–Crippen LogP) is 1.64. The number of nitro groups is 1. The van der Waals surface area contributed by atoms with Gasteiger partial charge in [0, 0.05) is 19.2 Å². The van der Waals surface area contributed by atoms with Gasteiger partial charge < -0.3 is 9.64 Å². The van der Waals surface area contributed by atoms with Gasteiger partial charge in [0.05, 0.1) is 21.0 Å². The van der Waals surface area contributed by atoms with E-state index in [0.717, 1.165) is 6.07 Å². The summed E-state index contributed by atoms with van der Waals surface area (Å²) in [6.45, 7) is 8.53. The Labute approximate surface area is 135 Å². The molecule has 0 amide bonds. The van der Waals surface area contributed by atoms with Crippen LogP contribution >= 0.6 is 0 Å². The zero-order chi connectivity index (χ0) is 17.6. The van der Waals surface area contributed by atoms with E-state index in [9.17, 15) is 18.5 Å². The smallest absolute Gasteiger partial charge is 0.293 e. The minimum Gasteiger partial charge on any atom is -0.366 e. The third kappa shape index (κ3) is 3.98. The Morgan fingerprint density at radius 2 is 1.74 bits per heavy atom. The SMILES string of the molecule is CC1(C)CN(c2ccc(S(N)(=O)=O)cc2[N+](=O)[O-])CC(C)(C)O1. The van der Waals surface area contributed by atoms with Gasteiger partial charge in [-0.25, -0.2) is 13.6 Å². The minimum absolute atomic E-state index is 0.278. The maximum absolute atomic E-state index is 11.4. The van der Waals surface area contributed by atoms with Gasteiger partial charge in [-0.3, -0.25) is 10.1 Å². The zero-order valence-electron chi connectivity index (χ0n) is 13.6. The van der Waals surface area contributed by atoms with E-state index in [0.29, 0.717) is 18.8 Å². The van der Waals surface area contributed by atoms with Crippen LogP contribution in [0.25, 0.3) is 0 Å². The van der Waals surface area contributed by atoms with E-state index in [2.05, 4.69) is 0 Å². The minimum atomic E-state index is -4.00. The largest absolute Gasteiger partial charge is 0.366 e. The molecule has 0 spiro atoms. The number of nitrogens with two attached hydrogens (primary N) is 1. The summed E-state index contributed by atoms with van der Waals surface area (Å²) >= 11 is 0. The molecule has 0 atom stereocenters. The van der Waals surface area contributed by atoms with Gasteiger partial charge in [-0.1, -0.05) is 0 Å². The number of ether oxygens (including phenoxy) is 1. The molecule has 1 aromatic rings. The molecule has 0 radical (unpaired) electrons. The second-order valence-electron chi connectivity index (χ2n) is 6.93. The van der Waals surface area contributed by atoms with Crippen LogP contribution in [0, 0.1) is 10.1 Å². The van der Waals surface area contributed by atoms with Crippen molar-refractivity contribution in [3.63, 3.8) is 0 Å². The Morgan fingerprint density at radius 3 is 2.17 bits per heavy atom. The maximum atomic E-state index is 11.4. The van der Waals surface area contributed by atoms with Gasteiger partial charge in [0.15, 0.2) is 0 Å². The number of benzene rings is 1. The molecule has 23 heavy (non-hydrogen) atoms. The van der Waals surface area contributed by atoms with Crippen LogP contribution in [0.3, 0.4) is 0 Å². The Morgan fingerprint density at radius 1 is 1.22 bits per heavy atom. The first kappa shape index (κ1) is 17.6. The topological polar surface area (TPSA) is 116 Å². The fourth-order valence-corrected chi connectivity index (χ4v) is 3.59. The van der Waals surface area contributed by atoms with E-state index in [1.807, 2.05) is 32.6 Å². The number of anilines is 1. The molecule has 9 heteroatoms. The lowest BCUT2D eigenvalue weighted by atomic mass is 9.98. The van der Waals surface area contributed by atoms with Crippen LogP contribution in [0.2, 0.25) is 0 Å². The van der Waals surface area contributed by atoms with Crippen molar-refractivity contribution in [1.82, 2.24) is 0 Å². The van der Waals surface area contributed by atoms with Gasteiger partial charge in [-0.05, 0) is 39.8 Å². The van der Waals surface area contributed by atoms with Gasteiger partial charge in [-0.15, -0.1) is 0 Å². The van der Waals surface area contributed by atoms with E-state index in [4.69, 9.17) is 9.88 Å². The summed E-state index contributed by atoms with van der Waals surface area (Å²) < 4.78 is 28.8. The van der Waals surface area contributed by atoms with E-state index in [1.54, 1.807) is 0 Å². The Hall–Kier alpha value is -1.71. The normalized spacial score (nSPS) is 20.3. The molecule has 128 valence electrons. The van der Waals surface area contributed by atoms with Gasteiger partial charge in [0.2, 0.25) is 10.0 Å². The van der Waals surface area contributed by atoms with Gasteiger partial charge in [0.1, 0.15) is 5.69 Å². The van der Waals surface area contributed by atoms with E-state index >= 15 is 0 Å². The molecule has 2 rings (SSSR count). The molecule has 2 N–H and O–H groups in total. The van der Waals surface area contributed by atoms with Gasteiger partial charge >= 0.3 is 0 Å². The summed E-state index contributed by atoms with van der Waals surface area (Å²) in [6, 6.07) is 3.71. The van der Waals surface area contributed by atoms with E-state index < -0.39 is 26.1 Å². The van der Waals surface area contributed by atoms with Crippen molar-refractivity contribution in [2.45, 2.75) is 43.8 Å². The molecule has 1 aromatic carbocycles. The summed E-state index contributed by atoms with van der Waals surface area (Å²) in [7, 11) is -4.00. The standard InChI is InChI=1S/C14H21N3O5S/c1-13(2)8-16(9-14(3,4)22-13)11-6-5-10(23(15,20)21)7-12(11)17(18)19/h5-7H,8-9H2,1-4H3,(H2,15,20,21). The third-order valence-electron chi connectivity index (χ3n) is 3.51. The molecule has 0 bridgehead atoms. The van der Waals surface area contributed by atoms with Crippen LogP contribution < -0.4 is 10.0 Å². The molecular formula is C14H21N3O5S. The summed E-state index contributed by atoms with van der Waals surface area (Å²) in [4.78, 5) is 12.3. The van der Waals surface area contributed by atoms with Gasteiger partial charge in [0.25, 0.3) is 5.69 Å². The van der Waals surface area contributed by atoms with Crippen molar-refractivity contribution in [1.29, 1.82) is 0 Å². The molecule has 0 saturated carbocycles. The second-order valence-corrected chi connectivity index (χ2v) is 8.49. The number of rotatable bonds is 3. The fraction of sp³-hybridized carbons (Fsp3) is 0.571. The van der Waals surface area contributed by atoms with Crippen LogP contribution in [0.15, 0.2) is 23.1 Å². The summed E-state index contributed by atoms with van der Waals surface area (Å²) in [5.41, 5.74) is -0.917. The first-order valence-electron chi connectivity index (χ1n) is 7.07. The monoisotopic (exact) mass is 343 g/mol. The van der Waals surface area contributed by atoms with Crippen LogP contribution in [0.5, 0.6) is 0 Å². The molecule has 1 aliphatic heterocycles. The number of nitro benzene ring substituents is 1. The molecule has 0 unspecified atom stereocenters. The Kier molecular flexibility index (Phi) is 4.16. The van der Waals surface area contributed by atoms with Crippen molar-refractivity contribution >= 4 is 21.4 Å². The van der Waals surface area contributed by atoms with Gasteiger partial charge in [-0.2, -0.15) is 0 Å². The molecule has 1 fully saturated rings. The van der Waals surface area contributed by atoms with Crippen molar-refractivity contribution in [2.24, 2.45) is 5.14 Å². The first-order valence-corrected chi connectivity index (χ1v) is 8.62. The third-order valence-corrected chi connectivity index (χ3v) is 4.42. The number of hydrogen-bond acceptors (Lipinski definition) is 6. The summed E-state index contributed by atoms with van der Waals surface area (Å²) in [5.74, 6) is 0. The molecule has 0 aliphatic carbocycles. The maximum Gasteiger partial charge on any atom is 0.293 e. The van der Waals surface area contributed by atoms with Crippen LogP contribution in [-0.4, -0.2) is 37.6 Å². The van der Waals surface area contributed by atoms with Crippen molar-refractivity contribution < 1.29 is 18.1 Å². The number of sulfonamides is 1. The lowest BCUT2D eigenvalue weighted by Gasteiger charge is -2.47. The highest BCUT2D eigenvalue weighted by molar-refractivity contribution is 7.89. The van der Waals surface area contributed by atoms with Crippen LogP contribution in [-0.2, 0) is 14.8 Å². The highest BCUT2D eigenvalue weighted by Crippen LogP contribution is 2.36. The number of nitrogens with zero attached hydrogens (tertiary/aromatic N) is 2. The average Bonchev–Trinajstić information content (AvgIpc) is 2.33. The van der Waals surface area contributed by atoms with Crippen molar-refractivity contribution in [3.05, 3.63) is 28.3 Å². The molecule has 1 aliphatic rings. The van der Waals surface area contributed by atoms with E-state index in [1.165, 1.54) is 12.1 Å². The lowest BCUT2D eigenvalue weighted by Crippen LogP contribution is -2.57. The second kappa shape index (κ2) is 5.43. The van der Waals surface area contributed by atoms with Crippen LogP contribution in [0.4, 0.5) is 11.4 Å². The molecular weight excluding hydrogens is 322 g/mol. The molecule has 1 heterocycles. The molecule has 1 saturated heterocycles. The lowest BCUT2D eigenvalue weighted by molar-refractivity contribution is -0.384. The fourth-order valence-electron chi connectivity index (χ4n) is 3.05. The number of hydrogen-bond donors (Lipinski definition) is 1. The van der Waals surface area contributed by atoms with Crippen molar-refractivity contribution in [2.75, 3.05) is 18.0 Å². The zero-order valence-corrected chi connectivity index (χ0v) is 14.4. The highest BCUT2D eigenvalue weighted by Gasteiger charge is 2.40. The quantitative estimate of drug-likeness (QED) is 0.659. The average molecular weight is 343 g/mol. The van der Waals surface area contributed by atoms with Crippen LogP contribution in [0.1, 0.15) is 27.7 Å². The first-order chi connectivity index (χ1) is 10.3. The van der Waals surface area contributed by atoms with E-state index in [-0.39, 0.29) is 10.6 Å². The summed E-state index contributed by atoms with van der Waals surface area (Å²) in [5, 5.41) is 16.4.